The highest BCUT2D eigenvalue weighted by atomic mass is 79.9. The van der Waals surface area contributed by atoms with Gasteiger partial charge in [0, 0.05) is 11.0 Å². The van der Waals surface area contributed by atoms with Crippen LogP contribution in [0.5, 0.6) is 5.75 Å². The summed E-state index contributed by atoms with van der Waals surface area (Å²) in [6.07, 6.45) is 1.00. The Kier molecular flexibility index (Phi) is 4.91. The van der Waals surface area contributed by atoms with Crippen LogP contribution in [0.1, 0.15) is 6.42 Å². The summed E-state index contributed by atoms with van der Waals surface area (Å²) in [7, 11) is 4.10. The number of hydrogen-bond donors (Lipinski definition) is 1. The molecule has 0 saturated heterocycles. The molecule has 1 rings (SSSR count). The highest BCUT2D eigenvalue weighted by Crippen LogP contribution is 2.25. The number of benzene rings is 1. The van der Waals surface area contributed by atoms with Crippen molar-refractivity contribution in [1.82, 2.24) is 4.90 Å². The minimum atomic E-state index is 0.675. The van der Waals surface area contributed by atoms with E-state index in [9.17, 15) is 0 Å². The fraction of sp³-hybridized carbons (Fsp3) is 0.455. The molecule has 0 aliphatic heterocycles. The topological polar surface area (TPSA) is 38.5 Å². The number of nitrogens with two attached hydrogens (primary N) is 1. The van der Waals surface area contributed by atoms with Gasteiger partial charge in [0.25, 0.3) is 0 Å². The zero-order valence-corrected chi connectivity index (χ0v) is 10.8. The van der Waals surface area contributed by atoms with E-state index in [0.717, 1.165) is 23.2 Å². The maximum Gasteiger partial charge on any atom is 0.142 e. The van der Waals surface area contributed by atoms with Crippen LogP contribution in [0.2, 0.25) is 0 Å². The number of ether oxygens (including phenoxy) is 1. The van der Waals surface area contributed by atoms with Crippen molar-refractivity contribution in [3.63, 3.8) is 0 Å². The lowest BCUT2D eigenvalue weighted by atomic mass is 10.3. The van der Waals surface area contributed by atoms with E-state index >= 15 is 0 Å². The minimum Gasteiger partial charge on any atom is -0.491 e. The van der Waals surface area contributed by atoms with Gasteiger partial charge in [-0.05, 0) is 38.7 Å². The second kappa shape index (κ2) is 5.98. The maximum absolute atomic E-state index is 5.80. The standard InChI is InChI=1S/C11H17BrN2O/c1-14(2)6-3-7-15-11-5-4-9(12)8-10(11)13/h4-5,8H,3,6-7,13H2,1-2H3. The molecule has 3 nitrogen and oxygen atoms in total. The van der Waals surface area contributed by atoms with Crippen molar-refractivity contribution in [2.75, 3.05) is 33.0 Å². The van der Waals surface area contributed by atoms with Crippen LogP contribution >= 0.6 is 15.9 Å². The summed E-state index contributed by atoms with van der Waals surface area (Å²) in [5.41, 5.74) is 6.47. The quantitative estimate of drug-likeness (QED) is 0.661. The van der Waals surface area contributed by atoms with Gasteiger partial charge in [0.2, 0.25) is 0 Å². The van der Waals surface area contributed by atoms with Crippen molar-refractivity contribution in [2.24, 2.45) is 0 Å². The molecule has 0 amide bonds. The molecule has 1 aromatic rings. The molecule has 0 aromatic heterocycles. The third-order valence-corrected chi connectivity index (χ3v) is 2.47. The SMILES string of the molecule is CN(C)CCCOc1ccc(Br)cc1N. The number of anilines is 1. The van der Waals surface area contributed by atoms with Crippen LogP contribution in [-0.2, 0) is 0 Å². The van der Waals surface area contributed by atoms with Crippen molar-refractivity contribution >= 4 is 21.6 Å². The molecule has 0 heterocycles. The zero-order chi connectivity index (χ0) is 11.3. The van der Waals surface area contributed by atoms with Gasteiger partial charge < -0.3 is 15.4 Å². The van der Waals surface area contributed by atoms with Crippen molar-refractivity contribution in [2.45, 2.75) is 6.42 Å². The summed E-state index contributed by atoms with van der Waals surface area (Å²) in [5, 5.41) is 0. The lowest BCUT2D eigenvalue weighted by molar-refractivity contribution is 0.283. The fourth-order valence-electron chi connectivity index (χ4n) is 1.21. The van der Waals surface area contributed by atoms with Crippen LogP contribution < -0.4 is 10.5 Å². The van der Waals surface area contributed by atoms with Crippen LogP contribution in [0.25, 0.3) is 0 Å². The van der Waals surface area contributed by atoms with E-state index in [-0.39, 0.29) is 0 Å². The smallest absolute Gasteiger partial charge is 0.142 e. The molecule has 0 bridgehead atoms. The van der Waals surface area contributed by atoms with Gasteiger partial charge in [0.05, 0.1) is 12.3 Å². The molecule has 0 saturated carbocycles. The van der Waals surface area contributed by atoms with Crippen LogP contribution in [0, 0.1) is 0 Å². The number of hydrogen-bond acceptors (Lipinski definition) is 3. The first-order valence-electron chi connectivity index (χ1n) is 4.92. The lowest BCUT2D eigenvalue weighted by Gasteiger charge is -2.11. The monoisotopic (exact) mass is 272 g/mol. The molecule has 0 aliphatic carbocycles. The van der Waals surface area contributed by atoms with E-state index in [1.807, 2.05) is 32.3 Å². The third kappa shape index (κ3) is 4.53. The summed E-state index contributed by atoms with van der Waals surface area (Å²) in [6.45, 7) is 1.72. The summed E-state index contributed by atoms with van der Waals surface area (Å²) < 4.78 is 6.54. The summed E-state index contributed by atoms with van der Waals surface area (Å²) in [4.78, 5) is 2.13. The van der Waals surface area contributed by atoms with Crippen molar-refractivity contribution < 1.29 is 4.74 Å². The molecule has 0 fully saturated rings. The second-order valence-electron chi connectivity index (χ2n) is 3.69. The molecule has 1 aromatic carbocycles. The molecule has 0 radical (unpaired) electrons. The molecule has 15 heavy (non-hydrogen) atoms. The maximum atomic E-state index is 5.80. The molecular weight excluding hydrogens is 256 g/mol. The fourth-order valence-corrected chi connectivity index (χ4v) is 1.59. The lowest BCUT2D eigenvalue weighted by Crippen LogP contribution is -2.15. The summed E-state index contributed by atoms with van der Waals surface area (Å²) in [6, 6.07) is 5.66. The Labute approximate surface area is 99.3 Å². The molecule has 0 aliphatic rings. The van der Waals surface area contributed by atoms with Gasteiger partial charge in [-0.2, -0.15) is 0 Å². The van der Waals surface area contributed by atoms with Gasteiger partial charge in [0.1, 0.15) is 5.75 Å². The van der Waals surface area contributed by atoms with Gasteiger partial charge in [-0.1, -0.05) is 15.9 Å². The van der Waals surface area contributed by atoms with Crippen LogP contribution in [0.4, 0.5) is 5.69 Å². The molecule has 2 N–H and O–H groups in total. The van der Waals surface area contributed by atoms with E-state index in [0.29, 0.717) is 12.3 Å². The van der Waals surface area contributed by atoms with Gasteiger partial charge in [0.15, 0.2) is 0 Å². The highest BCUT2D eigenvalue weighted by Gasteiger charge is 2.00. The zero-order valence-electron chi connectivity index (χ0n) is 9.16. The molecular formula is C11H17BrN2O. The van der Waals surface area contributed by atoms with Crippen molar-refractivity contribution in [1.29, 1.82) is 0 Å². The number of halogens is 1. The predicted octanol–water partition coefficient (Wildman–Crippen LogP) is 2.36. The Balaban J connectivity index is 2.37. The summed E-state index contributed by atoms with van der Waals surface area (Å²) in [5.74, 6) is 0.761. The Hall–Kier alpha value is -0.740. The average Bonchev–Trinajstić information content (AvgIpc) is 2.14. The van der Waals surface area contributed by atoms with E-state index in [2.05, 4.69) is 20.8 Å². The number of rotatable bonds is 5. The van der Waals surface area contributed by atoms with Gasteiger partial charge in [-0.25, -0.2) is 0 Å². The Morgan fingerprint density at radius 1 is 1.40 bits per heavy atom. The first kappa shape index (κ1) is 12.3. The predicted molar refractivity (Wildman–Crippen MR) is 67.2 cm³/mol. The first-order chi connectivity index (χ1) is 7.09. The molecule has 84 valence electrons. The molecule has 0 atom stereocenters. The van der Waals surface area contributed by atoms with E-state index in [1.54, 1.807) is 0 Å². The van der Waals surface area contributed by atoms with Crippen LogP contribution in [0.3, 0.4) is 0 Å². The third-order valence-electron chi connectivity index (χ3n) is 1.98. The van der Waals surface area contributed by atoms with E-state index in [4.69, 9.17) is 10.5 Å². The second-order valence-corrected chi connectivity index (χ2v) is 4.60. The number of nitrogen functional groups attached to an aromatic ring is 1. The van der Waals surface area contributed by atoms with Gasteiger partial charge in [-0.3, -0.25) is 0 Å². The van der Waals surface area contributed by atoms with Crippen molar-refractivity contribution in [3.8, 4) is 5.75 Å². The van der Waals surface area contributed by atoms with Crippen LogP contribution in [0.15, 0.2) is 22.7 Å². The average molecular weight is 273 g/mol. The van der Waals surface area contributed by atoms with E-state index < -0.39 is 0 Å². The van der Waals surface area contributed by atoms with E-state index in [1.165, 1.54) is 0 Å². The molecule has 0 unspecified atom stereocenters. The minimum absolute atomic E-state index is 0.675. The molecule has 4 heteroatoms. The van der Waals surface area contributed by atoms with Gasteiger partial charge >= 0.3 is 0 Å². The first-order valence-corrected chi connectivity index (χ1v) is 5.71. The Morgan fingerprint density at radius 2 is 2.13 bits per heavy atom. The van der Waals surface area contributed by atoms with Gasteiger partial charge in [-0.15, -0.1) is 0 Å². The molecule has 0 spiro atoms. The van der Waals surface area contributed by atoms with Crippen LogP contribution in [-0.4, -0.2) is 32.1 Å². The highest BCUT2D eigenvalue weighted by molar-refractivity contribution is 9.10. The Bertz CT molecular complexity index is 315. The largest absolute Gasteiger partial charge is 0.491 e. The summed E-state index contributed by atoms with van der Waals surface area (Å²) >= 11 is 3.35. The normalized spacial score (nSPS) is 10.7. The van der Waals surface area contributed by atoms with Crippen molar-refractivity contribution in [3.05, 3.63) is 22.7 Å². The Morgan fingerprint density at radius 3 is 2.73 bits per heavy atom. The number of nitrogens with zero attached hydrogens (tertiary/aromatic N) is 1.